The van der Waals surface area contributed by atoms with Gasteiger partial charge in [0.1, 0.15) is 5.76 Å². The first-order chi connectivity index (χ1) is 6.79. The van der Waals surface area contributed by atoms with E-state index in [1.54, 1.807) is 13.2 Å². The molecule has 0 aliphatic rings. The van der Waals surface area contributed by atoms with Crippen LogP contribution >= 0.6 is 0 Å². The summed E-state index contributed by atoms with van der Waals surface area (Å²) in [6.07, 6.45) is 1.77. The van der Waals surface area contributed by atoms with Crippen molar-refractivity contribution in [2.75, 3.05) is 13.9 Å². The van der Waals surface area contributed by atoms with Crippen molar-refractivity contribution in [3.63, 3.8) is 0 Å². The zero-order valence-electron chi connectivity index (χ0n) is 8.32. The van der Waals surface area contributed by atoms with Gasteiger partial charge in [0.25, 0.3) is 0 Å². The molecule has 0 amide bonds. The van der Waals surface area contributed by atoms with E-state index >= 15 is 0 Å². The molecule has 0 aliphatic carbocycles. The van der Waals surface area contributed by atoms with Gasteiger partial charge in [-0.05, 0) is 5.56 Å². The molecule has 2 heteroatoms. The Hall–Kier alpha value is -1.54. The molecule has 0 unspecified atom stereocenters. The van der Waals surface area contributed by atoms with Crippen molar-refractivity contribution in [3.8, 4) is 0 Å². The first-order valence-electron chi connectivity index (χ1n) is 4.32. The Morgan fingerprint density at radius 1 is 1.43 bits per heavy atom. The van der Waals surface area contributed by atoms with Crippen molar-refractivity contribution in [1.82, 2.24) is 0 Å². The van der Waals surface area contributed by atoms with Crippen LogP contribution in [0.2, 0.25) is 0 Å². The lowest BCUT2D eigenvalue weighted by Crippen LogP contribution is -1.96. The van der Waals surface area contributed by atoms with Crippen LogP contribution in [0.25, 0.3) is 11.8 Å². The lowest BCUT2D eigenvalue weighted by Gasteiger charge is -2.10. The predicted octanol–water partition coefficient (Wildman–Crippen LogP) is 2.92. The summed E-state index contributed by atoms with van der Waals surface area (Å²) in [5.41, 5.74) is 1.95. The van der Waals surface area contributed by atoms with E-state index < -0.39 is 0 Å². The summed E-state index contributed by atoms with van der Waals surface area (Å²) in [5.74, 6) is 0.599. The van der Waals surface area contributed by atoms with Gasteiger partial charge in [-0.2, -0.15) is 0 Å². The number of methoxy groups -OCH3 is 1. The van der Waals surface area contributed by atoms with E-state index in [0.717, 1.165) is 11.1 Å². The maximum absolute atomic E-state index is 5.26. The van der Waals surface area contributed by atoms with E-state index in [2.05, 4.69) is 13.2 Å². The number of benzene rings is 1. The summed E-state index contributed by atoms with van der Waals surface area (Å²) in [7, 11) is 1.58. The zero-order chi connectivity index (χ0) is 10.4. The molecular formula is C12H14O2. The summed E-state index contributed by atoms with van der Waals surface area (Å²) >= 11 is 0. The topological polar surface area (TPSA) is 18.5 Å². The molecule has 0 atom stereocenters. The third-order valence-electron chi connectivity index (χ3n) is 1.83. The van der Waals surface area contributed by atoms with E-state index in [4.69, 9.17) is 9.47 Å². The Morgan fingerprint density at radius 2 is 2.14 bits per heavy atom. The maximum Gasteiger partial charge on any atom is 0.188 e. The fourth-order valence-electron chi connectivity index (χ4n) is 1.14. The highest BCUT2D eigenvalue weighted by Gasteiger charge is 2.03. The van der Waals surface area contributed by atoms with Gasteiger partial charge in [-0.1, -0.05) is 43.5 Å². The number of hydrogen-bond acceptors (Lipinski definition) is 2. The molecule has 0 radical (unpaired) electrons. The highest BCUT2D eigenvalue weighted by molar-refractivity contribution is 5.68. The molecule has 0 aromatic heterocycles. The van der Waals surface area contributed by atoms with Crippen LogP contribution in [-0.4, -0.2) is 13.9 Å². The van der Waals surface area contributed by atoms with Crippen LogP contribution in [0.3, 0.4) is 0 Å². The molecule has 2 nitrogen and oxygen atoms in total. The zero-order valence-corrected chi connectivity index (χ0v) is 8.32. The van der Waals surface area contributed by atoms with Crippen molar-refractivity contribution >= 4 is 11.8 Å². The second kappa shape index (κ2) is 5.25. The van der Waals surface area contributed by atoms with Crippen LogP contribution in [0.1, 0.15) is 11.1 Å². The molecule has 0 aliphatic heterocycles. The molecule has 1 aromatic rings. The highest BCUT2D eigenvalue weighted by Crippen LogP contribution is 2.19. The maximum atomic E-state index is 5.26. The van der Waals surface area contributed by atoms with E-state index in [0.29, 0.717) is 5.76 Å². The summed E-state index contributed by atoms with van der Waals surface area (Å²) < 4.78 is 10.1. The van der Waals surface area contributed by atoms with Gasteiger partial charge in [0, 0.05) is 12.7 Å². The Morgan fingerprint density at radius 3 is 2.79 bits per heavy atom. The van der Waals surface area contributed by atoms with Crippen LogP contribution in [-0.2, 0) is 9.47 Å². The Bertz CT molecular complexity index is 329. The fourth-order valence-corrected chi connectivity index (χ4v) is 1.14. The molecule has 1 rings (SSSR count). The molecular weight excluding hydrogens is 176 g/mol. The third-order valence-corrected chi connectivity index (χ3v) is 1.83. The van der Waals surface area contributed by atoms with Gasteiger partial charge < -0.3 is 9.47 Å². The summed E-state index contributed by atoms with van der Waals surface area (Å²) in [6.45, 7) is 7.76. The van der Waals surface area contributed by atoms with Gasteiger partial charge in [-0.25, -0.2) is 0 Å². The van der Waals surface area contributed by atoms with Crippen LogP contribution < -0.4 is 0 Å². The van der Waals surface area contributed by atoms with Crippen LogP contribution in [0, 0.1) is 0 Å². The molecule has 1 aromatic carbocycles. The lowest BCUT2D eigenvalue weighted by molar-refractivity contribution is 0.0320. The number of rotatable bonds is 5. The molecule has 74 valence electrons. The van der Waals surface area contributed by atoms with E-state index in [1.807, 2.05) is 24.3 Å². The van der Waals surface area contributed by atoms with Crippen LogP contribution in [0.5, 0.6) is 0 Å². The van der Waals surface area contributed by atoms with Gasteiger partial charge >= 0.3 is 0 Å². The molecule has 0 saturated carbocycles. The molecule has 0 heterocycles. The Balaban J connectivity index is 2.83. The second-order valence-electron chi connectivity index (χ2n) is 2.77. The van der Waals surface area contributed by atoms with Crippen molar-refractivity contribution in [2.45, 2.75) is 0 Å². The van der Waals surface area contributed by atoms with Gasteiger partial charge in [0.05, 0.1) is 0 Å². The van der Waals surface area contributed by atoms with Crippen LogP contribution in [0.15, 0.2) is 37.4 Å². The van der Waals surface area contributed by atoms with Gasteiger partial charge in [0.2, 0.25) is 0 Å². The smallest absolute Gasteiger partial charge is 0.188 e. The first-order valence-corrected chi connectivity index (χ1v) is 4.32. The SMILES string of the molecule is C=Cc1ccccc1C(=C)OCOC. The summed E-state index contributed by atoms with van der Waals surface area (Å²) in [5, 5.41) is 0. The monoisotopic (exact) mass is 190 g/mol. The standard InChI is InChI=1S/C12H14O2/c1-4-11-7-5-6-8-12(11)10(2)14-9-13-3/h4-8H,1-2,9H2,3H3. The summed E-state index contributed by atoms with van der Waals surface area (Å²) in [4.78, 5) is 0. The Kier molecular flexibility index (Phi) is 3.95. The molecule has 0 bridgehead atoms. The minimum Gasteiger partial charge on any atom is -0.468 e. The Labute approximate surface area is 84.5 Å². The summed E-state index contributed by atoms with van der Waals surface area (Å²) in [6, 6.07) is 7.78. The second-order valence-corrected chi connectivity index (χ2v) is 2.77. The quantitative estimate of drug-likeness (QED) is 0.525. The number of hydrogen-bond donors (Lipinski definition) is 0. The molecule has 0 N–H and O–H groups in total. The van der Waals surface area contributed by atoms with Crippen LogP contribution in [0.4, 0.5) is 0 Å². The van der Waals surface area contributed by atoms with Crippen molar-refractivity contribution in [3.05, 3.63) is 48.6 Å². The van der Waals surface area contributed by atoms with E-state index in [1.165, 1.54) is 0 Å². The lowest BCUT2D eigenvalue weighted by atomic mass is 10.1. The van der Waals surface area contributed by atoms with Gasteiger partial charge in [-0.3, -0.25) is 0 Å². The molecule has 0 saturated heterocycles. The highest BCUT2D eigenvalue weighted by atomic mass is 16.7. The van der Waals surface area contributed by atoms with Crippen molar-refractivity contribution < 1.29 is 9.47 Å². The van der Waals surface area contributed by atoms with Gasteiger partial charge in [-0.15, -0.1) is 0 Å². The van der Waals surface area contributed by atoms with E-state index in [-0.39, 0.29) is 6.79 Å². The molecule has 0 fully saturated rings. The van der Waals surface area contributed by atoms with Crippen molar-refractivity contribution in [2.24, 2.45) is 0 Å². The normalized spacial score (nSPS) is 9.50. The predicted molar refractivity (Wildman–Crippen MR) is 58.5 cm³/mol. The largest absolute Gasteiger partial charge is 0.468 e. The molecule has 14 heavy (non-hydrogen) atoms. The van der Waals surface area contributed by atoms with Crippen molar-refractivity contribution in [1.29, 1.82) is 0 Å². The average molecular weight is 190 g/mol. The minimum absolute atomic E-state index is 0.213. The molecule has 0 spiro atoms. The average Bonchev–Trinajstić information content (AvgIpc) is 2.25. The number of ether oxygens (including phenoxy) is 2. The first kappa shape index (κ1) is 10.5. The van der Waals surface area contributed by atoms with E-state index in [9.17, 15) is 0 Å². The third kappa shape index (κ3) is 2.47. The van der Waals surface area contributed by atoms with Gasteiger partial charge in [0.15, 0.2) is 6.79 Å². The fraction of sp³-hybridized carbons (Fsp3) is 0.167. The minimum atomic E-state index is 0.213.